The Morgan fingerprint density at radius 1 is 1.14 bits per heavy atom. The monoisotopic (exact) mass is 448 g/mol. The minimum absolute atomic E-state index is 0.159. The van der Waals surface area contributed by atoms with Gasteiger partial charge in [-0.25, -0.2) is 0 Å². The molecule has 150 valence electrons. The van der Waals surface area contributed by atoms with Gasteiger partial charge in [0.05, 0.1) is 21.5 Å². The number of nitrogens with one attached hydrogen (secondary N) is 1. The van der Waals surface area contributed by atoms with E-state index in [1.54, 1.807) is 42.5 Å². The van der Waals surface area contributed by atoms with Crippen molar-refractivity contribution in [3.8, 4) is 5.75 Å². The Bertz CT molecular complexity index is 1010. The molecule has 0 atom stereocenters. The second-order valence-corrected chi connectivity index (χ2v) is 7.59. The highest BCUT2D eigenvalue weighted by Crippen LogP contribution is 2.25. The number of amides is 1. The van der Waals surface area contributed by atoms with Gasteiger partial charge >= 0.3 is 0 Å². The maximum Gasteiger partial charge on any atom is 0.234 e. The molecule has 29 heavy (non-hydrogen) atoms. The molecule has 9 heteroatoms. The second kappa shape index (κ2) is 10.3. The molecule has 0 spiro atoms. The number of halogens is 2. The zero-order valence-electron chi connectivity index (χ0n) is 15.3. The van der Waals surface area contributed by atoms with E-state index in [9.17, 15) is 4.79 Å². The Balaban J connectivity index is 1.63. The van der Waals surface area contributed by atoms with Crippen LogP contribution in [0.2, 0.25) is 10.0 Å². The van der Waals surface area contributed by atoms with Crippen LogP contribution in [0.1, 0.15) is 5.82 Å². The molecule has 1 amide bonds. The minimum atomic E-state index is -0.190. The third-order valence-corrected chi connectivity index (χ3v) is 5.39. The fraction of sp³-hybridized carbons (Fsp3) is 0.150. The molecule has 0 aliphatic heterocycles. The largest absolute Gasteiger partial charge is 0.484 e. The van der Waals surface area contributed by atoms with Gasteiger partial charge in [0, 0.05) is 6.54 Å². The lowest BCUT2D eigenvalue weighted by Crippen LogP contribution is -2.15. The third kappa shape index (κ3) is 5.76. The first kappa shape index (κ1) is 21.2. The standard InChI is InChI=1S/C20H18Cl2N4O2S/c1-2-11-26-18(12-28-17-10-6-4-8-15(17)22)24-25-20(26)29-13-19(27)23-16-9-5-3-7-14(16)21/h2-10H,1,11-13H2,(H,23,27). The van der Waals surface area contributed by atoms with E-state index in [-0.39, 0.29) is 18.3 Å². The number of nitrogens with zero attached hydrogens (tertiary/aromatic N) is 3. The lowest BCUT2D eigenvalue weighted by Gasteiger charge is -2.10. The number of carbonyl (C=O) groups is 1. The predicted octanol–water partition coefficient (Wildman–Crippen LogP) is 5.08. The first-order chi connectivity index (χ1) is 14.1. The lowest BCUT2D eigenvalue weighted by atomic mass is 10.3. The van der Waals surface area contributed by atoms with Crippen LogP contribution in [0.25, 0.3) is 0 Å². The van der Waals surface area contributed by atoms with Crippen molar-refractivity contribution in [1.82, 2.24) is 14.8 Å². The van der Waals surface area contributed by atoms with Crippen molar-refractivity contribution in [3.63, 3.8) is 0 Å². The first-order valence-electron chi connectivity index (χ1n) is 8.66. The van der Waals surface area contributed by atoms with E-state index >= 15 is 0 Å². The van der Waals surface area contributed by atoms with Crippen LogP contribution in [-0.2, 0) is 17.9 Å². The Morgan fingerprint density at radius 3 is 2.59 bits per heavy atom. The molecule has 0 saturated heterocycles. The summed E-state index contributed by atoms with van der Waals surface area (Å²) in [6, 6.07) is 14.3. The highest BCUT2D eigenvalue weighted by Gasteiger charge is 2.15. The summed E-state index contributed by atoms with van der Waals surface area (Å²) in [5.41, 5.74) is 0.571. The average molecular weight is 449 g/mol. The van der Waals surface area contributed by atoms with Crippen LogP contribution in [0.5, 0.6) is 5.75 Å². The van der Waals surface area contributed by atoms with Gasteiger partial charge in [-0.15, -0.1) is 16.8 Å². The molecule has 3 rings (SSSR count). The van der Waals surface area contributed by atoms with Gasteiger partial charge in [-0.1, -0.05) is 65.3 Å². The van der Waals surface area contributed by atoms with Crippen LogP contribution in [0, 0.1) is 0 Å². The first-order valence-corrected chi connectivity index (χ1v) is 10.4. The number of ether oxygens (including phenoxy) is 1. The molecule has 3 aromatic rings. The summed E-state index contributed by atoms with van der Waals surface area (Å²) >= 11 is 13.5. The lowest BCUT2D eigenvalue weighted by molar-refractivity contribution is -0.113. The van der Waals surface area contributed by atoms with Crippen LogP contribution < -0.4 is 10.1 Å². The molecular weight excluding hydrogens is 431 g/mol. The maximum absolute atomic E-state index is 12.3. The molecule has 0 aliphatic carbocycles. The molecule has 0 aliphatic rings. The van der Waals surface area contributed by atoms with E-state index in [2.05, 4.69) is 22.1 Å². The molecule has 2 aromatic carbocycles. The number of allylic oxidation sites excluding steroid dienone is 1. The fourth-order valence-electron chi connectivity index (χ4n) is 2.43. The van der Waals surface area contributed by atoms with E-state index in [1.807, 2.05) is 16.7 Å². The number of hydrogen-bond acceptors (Lipinski definition) is 5. The summed E-state index contributed by atoms with van der Waals surface area (Å²) in [4.78, 5) is 12.3. The van der Waals surface area contributed by atoms with Crippen molar-refractivity contribution in [3.05, 3.63) is 77.1 Å². The van der Waals surface area contributed by atoms with E-state index in [4.69, 9.17) is 27.9 Å². The number of benzene rings is 2. The van der Waals surface area contributed by atoms with Crippen molar-refractivity contribution in [2.75, 3.05) is 11.1 Å². The summed E-state index contributed by atoms with van der Waals surface area (Å²) in [6.07, 6.45) is 1.73. The Hall–Kier alpha value is -2.48. The highest BCUT2D eigenvalue weighted by molar-refractivity contribution is 7.99. The molecule has 1 heterocycles. The minimum Gasteiger partial charge on any atom is -0.484 e. The van der Waals surface area contributed by atoms with Crippen LogP contribution in [0.15, 0.2) is 66.3 Å². The highest BCUT2D eigenvalue weighted by atomic mass is 35.5. The quantitative estimate of drug-likeness (QED) is 0.365. The van der Waals surface area contributed by atoms with Crippen molar-refractivity contribution in [2.45, 2.75) is 18.3 Å². The van der Waals surface area contributed by atoms with Gasteiger partial charge < -0.3 is 10.1 Å². The number of thioether (sulfide) groups is 1. The number of aromatic nitrogens is 3. The van der Waals surface area contributed by atoms with Crippen LogP contribution in [0.3, 0.4) is 0 Å². The molecule has 0 bridgehead atoms. The van der Waals surface area contributed by atoms with Crippen molar-refractivity contribution in [1.29, 1.82) is 0 Å². The van der Waals surface area contributed by atoms with E-state index in [0.29, 0.717) is 39.0 Å². The molecular formula is C20H18Cl2N4O2S. The number of rotatable bonds is 9. The number of para-hydroxylation sites is 2. The molecule has 0 saturated carbocycles. The van der Waals surface area contributed by atoms with E-state index < -0.39 is 0 Å². The van der Waals surface area contributed by atoms with E-state index in [0.717, 1.165) is 0 Å². The Labute approximate surface area is 182 Å². The molecule has 1 aromatic heterocycles. The van der Waals surface area contributed by atoms with Crippen LogP contribution in [0.4, 0.5) is 5.69 Å². The van der Waals surface area contributed by atoms with Gasteiger partial charge in [0.15, 0.2) is 11.0 Å². The third-order valence-electron chi connectivity index (χ3n) is 3.78. The van der Waals surface area contributed by atoms with Crippen molar-refractivity contribution < 1.29 is 9.53 Å². The summed E-state index contributed by atoms with van der Waals surface area (Å²) in [6.45, 7) is 4.45. The summed E-state index contributed by atoms with van der Waals surface area (Å²) in [5.74, 6) is 1.14. The number of hydrogen-bond donors (Lipinski definition) is 1. The number of anilines is 1. The molecule has 0 fully saturated rings. The van der Waals surface area contributed by atoms with Gasteiger partial charge in [0.1, 0.15) is 12.4 Å². The van der Waals surface area contributed by atoms with Gasteiger partial charge in [-0.2, -0.15) is 0 Å². The SMILES string of the molecule is C=CCn1c(COc2ccccc2Cl)nnc1SCC(=O)Nc1ccccc1Cl. The summed E-state index contributed by atoms with van der Waals surface area (Å²) in [5, 5.41) is 12.7. The topological polar surface area (TPSA) is 69.0 Å². The fourth-order valence-corrected chi connectivity index (χ4v) is 3.57. The predicted molar refractivity (Wildman–Crippen MR) is 117 cm³/mol. The zero-order valence-corrected chi connectivity index (χ0v) is 17.7. The Morgan fingerprint density at radius 2 is 1.86 bits per heavy atom. The average Bonchev–Trinajstić information content (AvgIpc) is 3.09. The summed E-state index contributed by atoms with van der Waals surface area (Å²) < 4.78 is 7.59. The van der Waals surface area contributed by atoms with Gasteiger partial charge in [-0.3, -0.25) is 9.36 Å². The smallest absolute Gasteiger partial charge is 0.234 e. The number of carbonyl (C=O) groups excluding carboxylic acids is 1. The van der Waals surface area contributed by atoms with Gasteiger partial charge in [-0.05, 0) is 24.3 Å². The zero-order chi connectivity index (χ0) is 20.6. The van der Waals surface area contributed by atoms with Crippen molar-refractivity contribution >= 4 is 46.6 Å². The maximum atomic E-state index is 12.3. The molecule has 0 unspecified atom stereocenters. The second-order valence-electron chi connectivity index (χ2n) is 5.83. The molecule has 0 radical (unpaired) electrons. The van der Waals surface area contributed by atoms with Crippen molar-refractivity contribution in [2.24, 2.45) is 0 Å². The van der Waals surface area contributed by atoms with Crippen LogP contribution >= 0.6 is 35.0 Å². The normalized spacial score (nSPS) is 10.6. The van der Waals surface area contributed by atoms with E-state index in [1.165, 1.54) is 11.8 Å². The Kier molecular flexibility index (Phi) is 7.57. The van der Waals surface area contributed by atoms with Crippen LogP contribution in [-0.4, -0.2) is 26.4 Å². The van der Waals surface area contributed by atoms with Gasteiger partial charge in [0.2, 0.25) is 5.91 Å². The van der Waals surface area contributed by atoms with Gasteiger partial charge in [0.25, 0.3) is 0 Å². The molecule has 1 N–H and O–H groups in total. The summed E-state index contributed by atoms with van der Waals surface area (Å²) in [7, 11) is 0. The molecule has 6 nitrogen and oxygen atoms in total.